The highest BCUT2D eigenvalue weighted by atomic mass is 16.2. The van der Waals surface area contributed by atoms with Gasteiger partial charge in [-0.1, -0.05) is 5.92 Å². The van der Waals surface area contributed by atoms with Crippen LogP contribution in [0.2, 0.25) is 0 Å². The van der Waals surface area contributed by atoms with E-state index in [0.29, 0.717) is 6.54 Å². The maximum atomic E-state index is 11.5. The predicted octanol–water partition coefficient (Wildman–Crippen LogP) is -0.514. The molecule has 0 aliphatic heterocycles. The van der Waals surface area contributed by atoms with Gasteiger partial charge in [0.2, 0.25) is 11.8 Å². The van der Waals surface area contributed by atoms with Gasteiger partial charge in [0.1, 0.15) is 0 Å². The summed E-state index contributed by atoms with van der Waals surface area (Å²) < 4.78 is 0. The summed E-state index contributed by atoms with van der Waals surface area (Å²) in [7, 11) is 1.59. The Balaban J connectivity index is 4.15. The molecule has 0 bridgehead atoms. The van der Waals surface area contributed by atoms with Gasteiger partial charge in [-0.25, -0.2) is 0 Å². The lowest BCUT2D eigenvalue weighted by Crippen LogP contribution is -2.49. The van der Waals surface area contributed by atoms with E-state index in [1.807, 2.05) is 13.8 Å². The fraction of sp³-hybridized carbons (Fsp3) is 0.667. The van der Waals surface area contributed by atoms with Crippen molar-refractivity contribution in [3.8, 4) is 12.3 Å². The highest BCUT2D eigenvalue weighted by Crippen LogP contribution is 2.13. The summed E-state index contributed by atoms with van der Waals surface area (Å²) in [6, 6.07) is -0.382. The van der Waals surface area contributed by atoms with E-state index in [2.05, 4.69) is 21.9 Å². The molecule has 5 nitrogen and oxygen atoms in total. The molecule has 0 heterocycles. The summed E-state index contributed by atoms with van der Waals surface area (Å²) in [6.07, 6.45) is 5.04. The summed E-state index contributed by atoms with van der Waals surface area (Å²) in [6.45, 7) is 5.97. The molecule has 0 spiro atoms. The van der Waals surface area contributed by atoms with Crippen LogP contribution in [0, 0.1) is 17.8 Å². The van der Waals surface area contributed by atoms with Crippen LogP contribution in [0.1, 0.15) is 20.8 Å². The molecule has 0 aromatic heterocycles. The summed E-state index contributed by atoms with van der Waals surface area (Å²) in [5.74, 6) is 2.09. The van der Waals surface area contributed by atoms with Crippen molar-refractivity contribution >= 4 is 11.8 Å². The van der Waals surface area contributed by atoms with Gasteiger partial charge in [0.25, 0.3) is 0 Å². The summed E-state index contributed by atoms with van der Waals surface area (Å²) >= 11 is 0. The van der Waals surface area contributed by atoms with Crippen LogP contribution in [-0.4, -0.2) is 38.0 Å². The van der Waals surface area contributed by atoms with Crippen molar-refractivity contribution in [1.82, 2.24) is 16.0 Å². The zero-order chi connectivity index (χ0) is 13.5. The van der Waals surface area contributed by atoms with Crippen molar-refractivity contribution in [3.05, 3.63) is 0 Å². The van der Waals surface area contributed by atoms with Crippen LogP contribution >= 0.6 is 0 Å². The van der Waals surface area contributed by atoms with Crippen LogP contribution in [0.4, 0.5) is 0 Å². The van der Waals surface area contributed by atoms with E-state index < -0.39 is 5.41 Å². The Bertz CT molecular complexity index is 318. The summed E-state index contributed by atoms with van der Waals surface area (Å²) in [5.41, 5.74) is -0.560. The molecule has 1 unspecified atom stereocenters. The number of hydrogen-bond donors (Lipinski definition) is 3. The van der Waals surface area contributed by atoms with E-state index in [0.717, 1.165) is 0 Å². The molecular weight excluding hydrogens is 218 g/mol. The number of amides is 2. The Kier molecular flexibility index (Phi) is 6.29. The minimum Gasteiger partial charge on any atom is -0.359 e. The van der Waals surface area contributed by atoms with Crippen LogP contribution < -0.4 is 16.0 Å². The van der Waals surface area contributed by atoms with E-state index >= 15 is 0 Å². The van der Waals surface area contributed by atoms with Gasteiger partial charge in [0.15, 0.2) is 0 Å². The molecular formula is C12H21N3O2. The lowest BCUT2D eigenvalue weighted by Gasteiger charge is -2.25. The average Bonchev–Trinajstić information content (AvgIpc) is 2.31. The van der Waals surface area contributed by atoms with Gasteiger partial charge >= 0.3 is 0 Å². The monoisotopic (exact) mass is 239 g/mol. The number of rotatable bonds is 6. The fourth-order valence-corrected chi connectivity index (χ4v) is 1.21. The van der Waals surface area contributed by atoms with Crippen molar-refractivity contribution in [2.75, 3.05) is 20.1 Å². The van der Waals surface area contributed by atoms with Crippen LogP contribution in [0.15, 0.2) is 0 Å². The first-order chi connectivity index (χ1) is 7.85. The van der Waals surface area contributed by atoms with Gasteiger partial charge in [0.05, 0.1) is 18.0 Å². The van der Waals surface area contributed by atoms with Gasteiger partial charge in [-0.05, 0) is 20.8 Å². The number of carbonyl (C=O) groups excluding carboxylic acids is 2. The standard InChI is InChI=1S/C12H21N3O2/c1-6-7-14-10(16)9(2)15-8-12(3,4)11(17)13-5/h1,9,15H,7-8H2,2-5H3,(H,13,17)(H,14,16). The number of nitrogens with one attached hydrogen (secondary N) is 3. The van der Waals surface area contributed by atoms with Crippen LogP contribution in [-0.2, 0) is 9.59 Å². The van der Waals surface area contributed by atoms with Gasteiger partial charge in [-0.3, -0.25) is 9.59 Å². The first-order valence-corrected chi connectivity index (χ1v) is 5.52. The van der Waals surface area contributed by atoms with Crippen molar-refractivity contribution < 1.29 is 9.59 Å². The third kappa shape index (κ3) is 5.36. The van der Waals surface area contributed by atoms with Gasteiger partial charge in [-0.2, -0.15) is 0 Å². The number of terminal acetylenes is 1. The maximum Gasteiger partial charge on any atom is 0.237 e. The Morgan fingerprint density at radius 3 is 2.47 bits per heavy atom. The molecule has 96 valence electrons. The Morgan fingerprint density at radius 2 is 2.00 bits per heavy atom. The second kappa shape index (κ2) is 6.92. The zero-order valence-corrected chi connectivity index (χ0v) is 10.9. The molecule has 3 N–H and O–H groups in total. The molecule has 0 saturated carbocycles. The quantitative estimate of drug-likeness (QED) is 0.547. The minimum atomic E-state index is -0.560. The van der Waals surface area contributed by atoms with E-state index in [-0.39, 0.29) is 24.4 Å². The summed E-state index contributed by atoms with van der Waals surface area (Å²) in [4.78, 5) is 23.0. The lowest BCUT2D eigenvalue weighted by atomic mass is 9.92. The molecule has 2 amide bonds. The van der Waals surface area contributed by atoms with Crippen LogP contribution in [0.3, 0.4) is 0 Å². The van der Waals surface area contributed by atoms with Crippen molar-refractivity contribution in [2.45, 2.75) is 26.8 Å². The summed E-state index contributed by atoms with van der Waals surface area (Å²) in [5, 5.41) is 8.17. The van der Waals surface area contributed by atoms with E-state index in [1.54, 1.807) is 14.0 Å². The zero-order valence-electron chi connectivity index (χ0n) is 10.9. The van der Waals surface area contributed by atoms with Gasteiger partial charge in [-0.15, -0.1) is 6.42 Å². The van der Waals surface area contributed by atoms with Gasteiger partial charge in [0, 0.05) is 13.6 Å². The Labute approximate surface area is 103 Å². The minimum absolute atomic E-state index is 0.0683. The maximum absolute atomic E-state index is 11.5. The molecule has 0 rings (SSSR count). The highest BCUT2D eigenvalue weighted by molar-refractivity contribution is 5.83. The topological polar surface area (TPSA) is 70.2 Å². The van der Waals surface area contributed by atoms with Crippen molar-refractivity contribution in [3.63, 3.8) is 0 Å². The van der Waals surface area contributed by atoms with Crippen molar-refractivity contribution in [1.29, 1.82) is 0 Å². The second-order valence-electron chi connectivity index (χ2n) is 4.49. The molecule has 0 aliphatic rings. The number of carbonyl (C=O) groups is 2. The molecule has 0 aliphatic carbocycles. The first kappa shape index (κ1) is 15.5. The molecule has 0 aromatic carbocycles. The predicted molar refractivity (Wildman–Crippen MR) is 67.2 cm³/mol. The fourth-order valence-electron chi connectivity index (χ4n) is 1.21. The van der Waals surface area contributed by atoms with Crippen LogP contribution in [0.25, 0.3) is 0 Å². The molecule has 5 heteroatoms. The van der Waals surface area contributed by atoms with Crippen molar-refractivity contribution in [2.24, 2.45) is 5.41 Å². The van der Waals surface area contributed by atoms with Gasteiger partial charge < -0.3 is 16.0 Å². The van der Waals surface area contributed by atoms with Crippen LogP contribution in [0.5, 0.6) is 0 Å². The molecule has 0 aromatic rings. The molecule has 0 fully saturated rings. The highest BCUT2D eigenvalue weighted by Gasteiger charge is 2.27. The van der Waals surface area contributed by atoms with E-state index in [1.165, 1.54) is 0 Å². The Morgan fingerprint density at radius 1 is 1.41 bits per heavy atom. The lowest BCUT2D eigenvalue weighted by molar-refractivity contribution is -0.129. The first-order valence-electron chi connectivity index (χ1n) is 5.52. The second-order valence-corrected chi connectivity index (χ2v) is 4.49. The average molecular weight is 239 g/mol. The third-order valence-electron chi connectivity index (χ3n) is 2.45. The van der Waals surface area contributed by atoms with E-state index in [4.69, 9.17) is 6.42 Å². The molecule has 0 saturated heterocycles. The van der Waals surface area contributed by atoms with E-state index in [9.17, 15) is 9.59 Å². The number of hydrogen-bond acceptors (Lipinski definition) is 3. The normalized spacial score (nSPS) is 12.4. The third-order valence-corrected chi connectivity index (χ3v) is 2.45. The molecule has 1 atom stereocenters. The molecule has 0 radical (unpaired) electrons. The largest absolute Gasteiger partial charge is 0.359 e. The SMILES string of the molecule is C#CCNC(=O)C(C)NCC(C)(C)C(=O)NC. The Hall–Kier alpha value is -1.54. The molecule has 17 heavy (non-hydrogen) atoms. The smallest absolute Gasteiger partial charge is 0.237 e.